The van der Waals surface area contributed by atoms with Gasteiger partial charge in [-0.3, -0.25) is 9.80 Å². The maximum atomic E-state index is 8.63. The highest BCUT2D eigenvalue weighted by molar-refractivity contribution is 7.12. The zero-order valence-corrected chi connectivity index (χ0v) is 24.3. The van der Waals surface area contributed by atoms with E-state index in [0.717, 1.165) is 39.8 Å². The third kappa shape index (κ3) is 10.1. The van der Waals surface area contributed by atoms with Crippen LogP contribution in [0.4, 0.5) is 11.4 Å². The van der Waals surface area contributed by atoms with Gasteiger partial charge in [0.2, 0.25) is 0 Å². The number of hydrogen-bond donors (Lipinski definition) is 2. The lowest BCUT2D eigenvalue weighted by Crippen LogP contribution is -2.17. The summed E-state index contributed by atoms with van der Waals surface area (Å²) in [4.78, 5) is 14.8. The molecule has 7 nitrogen and oxygen atoms in total. The maximum Gasteiger partial charge on any atom is 0.141 e. The average molecular weight is 568 g/mol. The van der Waals surface area contributed by atoms with E-state index in [2.05, 4.69) is 26.9 Å². The van der Waals surface area contributed by atoms with Crippen molar-refractivity contribution in [3.8, 4) is 18.4 Å². The van der Waals surface area contributed by atoms with Crippen LogP contribution in [-0.2, 0) is 13.1 Å². The molecule has 0 atom stereocenters. The largest absolute Gasteiger partial charge is 0.383 e. The first-order valence-corrected chi connectivity index (χ1v) is 14.2. The molecule has 0 radical (unpaired) electrons. The van der Waals surface area contributed by atoms with Crippen molar-refractivity contribution in [2.45, 2.75) is 13.1 Å². The number of hydrogen-bond acceptors (Lipinski definition) is 7. The molecule has 0 amide bonds. The van der Waals surface area contributed by atoms with Gasteiger partial charge in [-0.15, -0.1) is 29.1 Å². The number of nitriles is 1. The van der Waals surface area contributed by atoms with Crippen LogP contribution in [0.25, 0.3) is 0 Å². The fourth-order valence-electron chi connectivity index (χ4n) is 3.60. The molecule has 0 fully saturated rings. The van der Waals surface area contributed by atoms with Gasteiger partial charge < -0.3 is 11.5 Å². The lowest BCUT2D eigenvalue weighted by atomic mass is 10.2. The van der Waals surface area contributed by atoms with Crippen molar-refractivity contribution in [1.29, 1.82) is 5.26 Å². The van der Waals surface area contributed by atoms with Crippen LogP contribution in [0.15, 0.2) is 93.5 Å². The van der Waals surface area contributed by atoms with Crippen molar-refractivity contribution in [2.24, 2.45) is 21.5 Å². The van der Waals surface area contributed by atoms with E-state index in [-0.39, 0.29) is 0 Å². The summed E-state index contributed by atoms with van der Waals surface area (Å²) in [6, 6.07) is 25.9. The van der Waals surface area contributed by atoms with Gasteiger partial charge in [0.1, 0.15) is 11.7 Å². The van der Waals surface area contributed by atoms with Gasteiger partial charge in [-0.2, -0.15) is 5.26 Å². The fraction of sp³-hybridized carbons (Fsp3) is 0.194. The Morgan fingerprint density at radius 1 is 0.750 bits per heavy atom. The molecule has 4 aromatic rings. The summed E-state index contributed by atoms with van der Waals surface area (Å²) in [6.45, 7) is 2.64. The minimum atomic E-state index is 0.422. The van der Waals surface area contributed by atoms with Crippen LogP contribution in [0.5, 0.6) is 0 Å². The zero-order valence-electron chi connectivity index (χ0n) is 22.7. The average Bonchev–Trinajstić information content (AvgIpc) is 3.67. The fourth-order valence-corrected chi connectivity index (χ4v) is 4.85. The zero-order chi connectivity index (χ0) is 28.7. The van der Waals surface area contributed by atoms with Crippen molar-refractivity contribution in [1.82, 2.24) is 9.80 Å². The molecule has 0 unspecified atom stereocenters. The number of thiophene rings is 2. The van der Waals surface area contributed by atoms with E-state index in [9.17, 15) is 0 Å². The molecule has 204 valence electrons. The molecular formula is C31H33N7S2. The molecular weight excluding hydrogens is 535 g/mol. The predicted octanol–water partition coefficient (Wildman–Crippen LogP) is 5.59. The van der Waals surface area contributed by atoms with E-state index >= 15 is 0 Å². The summed E-state index contributed by atoms with van der Waals surface area (Å²) in [7, 11) is 3.92. The highest BCUT2D eigenvalue weighted by Gasteiger charge is 2.03. The van der Waals surface area contributed by atoms with Crippen LogP contribution in [0.1, 0.15) is 20.9 Å². The topological polar surface area (TPSA) is 107 Å². The summed E-state index contributed by atoms with van der Waals surface area (Å²) >= 11 is 3.16. The SMILES string of the molecule is C#CCN(C)Cc1ccc(N=C(N)c2cccs2)cc1.CN(CC#N)Cc1ccc(N=C(N)c2cccs2)cc1. The van der Waals surface area contributed by atoms with E-state index in [1.54, 1.807) is 22.7 Å². The lowest BCUT2D eigenvalue weighted by molar-refractivity contribution is 0.367. The van der Waals surface area contributed by atoms with Gasteiger partial charge in [-0.05, 0) is 72.4 Å². The standard InChI is InChI=1S/C16H17N3S.C15H16N4S/c1-3-10-19(2)12-13-6-8-14(9-7-13)18-16(17)15-5-4-11-20-15;1-19(9-8-16)11-12-4-6-13(7-5-12)18-15(17)14-3-2-10-20-14/h1,4-9,11H,10,12H2,2H3,(H2,17,18);2-7,10H,9,11H2,1H3,(H2,17,18). The molecule has 0 saturated carbocycles. The Balaban J connectivity index is 0.000000220. The quantitative estimate of drug-likeness (QED) is 0.112. The van der Waals surface area contributed by atoms with Crippen LogP contribution in [0, 0.1) is 23.7 Å². The molecule has 2 heterocycles. The second-order valence-electron chi connectivity index (χ2n) is 8.99. The molecule has 0 aliphatic rings. The third-order valence-electron chi connectivity index (χ3n) is 5.53. The third-order valence-corrected chi connectivity index (χ3v) is 7.31. The minimum Gasteiger partial charge on any atom is -0.383 e. The summed E-state index contributed by atoms with van der Waals surface area (Å²) < 4.78 is 0. The predicted molar refractivity (Wildman–Crippen MR) is 169 cm³/mol. The second kappa shape index (κ2) is 16.0. The molecule has 0 bridgehead atoms. The van der Waals surface area contributed by atoms with Gasteiger partial charge >= 0.3 is 0 Å². The Labute approximate surface area is 244 Å². The van der Waals surface area contributed by atoms with Gasteiger partial charge in [0.15, 0.2) is 0 Å². The van der Waals surface area contributed by atoms with E-state index in [1.807, 2.05) is 103 Å². The van der Waals surface area contributed by atoms with Gasteiger partial charge in [0.25, 0.3) is 0 Å². The molecule has 4 rings (SSSR count). The molecule has 0 saturated heterocycles. The van der Waals surface area contributed by atoms with Crippen LogP contribution in [0.2, 0.25) is 0 Å². The van der Waals surface area contributed by atoms with E-state index < -0.39 is 0 Å². The van der Waals surface area contributed by atoms with Gasteiger partial charge in [-0.25, -0.2) is 9.98 Å². The number of terminal acetylenes is 1. The molecule has 0 aliphatic heterocycles. The number of amidine groups is 2. The van der Waals surface area contributed by atoms with E-state index in [4.69, 9.17) is 23.2 Å². The summed E-state index contributed by atoms with van der Waals surface area (Å²) in [5.41, 5.74) is 16.0. The first-order valence-electron chi connectivity index (χ1n) is 12.5. The second-order valence-corrected chi connectivity index (χ2v) is 10.9. The summed E-state index contributed by atoms with van der Waals surface area (Å²) in [5.74, 6) is 3.72. The number of benzene rings is 2. The first-order chi connectivity index (χ1) is 19.4. The molecule has 0 spiro atoms. The molecule has 2 aromatic carbocycles. The highest BCUT2D eigenvalue weighted by Crippen LogP contribution is 2.18. The highest BCUT2D eigenvalue weighted by atomic mass is 32.1. The van der Waals surface area contributed by atoms with Gasteiger partial charge in [0.05, 0.1) is 40.3 Å². The molecule has 40 heavy (non-hydrogen) atoms. The van der Waals surface area contributed by atoms with Gasteiger partial charge in [-0.1, -0.05) is 42.3 Å². The van der Waals surface area contributed by atoms with Crippen molar-refractivity contribution in [3.05, 3.63) is 104 Å². The Morgan fingerprint density at radius 3 is 1.52 bits per heavy atom. The smallest absolute Gasteiger partial charge is 0.141 e. The van der Waals surface area contributed by atoms with Crippen LogP contribution in [-0.4, -0.2) is 48.7 Å². The molecule has 4 N–H and O–H groups in total. The van der Waals surface area contributed by atoms with Crippen LogP contribution >= 0.6 is 22.7 Å². The normalized spacial score (nSPS) is 11.6. The molecule has 2 aromatic heterocycles. The maximum absolute atomic E-state index is 8.63. The van der Waals surface area contributed by atoms with Crippen molar-refractivity contribution < 1.29 is 0 Å². The number of rotatable bonds is 10. The molecule has 9 heteroatoms. The van der Waals surface area contributed by atoms with Gasteiger partial charge in [0, 0.05) is 13.1 Å². The molecule has 0 aliphatic carbocycles. The van der Waals surface area contributed by atoms with Crippen molar-refractivity contribution in [2.75, 3.05) is 27.2 Å². The minimum absolute atomic E-state index is 0.422. The Kier molecular flexibility index (Phi) is 12.1. The van der Waals surface area contributed by atoms with E-state index in [1.165, 1.54) is 5.56 Å². The van der Waals surface area contributed by atoms with Crippen LogP contribution in [0.3, 0.4) is 0 Å². The lowest BCUT2D eigenvalue weighted by Gasteiger charge is -2.12. The van der Waals surface area contributed by atoms with Crippen molar-refractivity contribution >= 4 is 45.7 Å². The Hall–Kier alpha value is -4.25. The number of aliphatic imine (C=N–C) groups is 2. The Morgan fingerprint density at radius 2 is 1.18 bits per heavy atom. The van der Waals surface area contributed by atoms with Crippen molar-refractivity contribution in [3.63, 3.8) is 0 Å². The Bertz CT molecular complexity index is 1330. The summed E-state index contributed by atoms with van der Waals surface area (Å²) in [6.07, 6.45) is 5.29. The number of nitrogens with two attached hydrogens (primary N) is 2. The summed E-state index contributed by atoms with van der Waals surface area (Å²) in [5, 5.41) is 12.6. The van der Waals surface area contributed by atoms with E-state index in [0.29, 0.717) is 24.8 Å². The number of nitrogens with zero attached hydrogens (tertiary/aromatic N) is 5. The van der Waals surface area contributed by atoms with Crippen LogP contribution < -0.4 is 11.5 Å². The first kappa shape index (κ1) is 30.3. The monoisotopic (exact) mass is 567 g/mol.